The van der Waals surface area contributed by atoms with Gasteiger partial charge in [0.25, 0.3) is 0 Å². The lowest BCUT2D eigenvalue weighted by atomic mass is 9.90. The van der Waals surface area contributed by atoms with E-state index < -0.39 is 0 Å². The maximum atomic E-state index is 4.24. The summed E-state index contributed by atoms with van der Waals surface area (Å²) in [6.07, 6.45) is 2.96. The molecule has 1 N–H and O–H groups in total. The van der Waals surface area contributed by atoms with Crippen molar-refractivity contribution in [3.05, 3.63) is 22.8 Å². The number of nitrogens with zero attached hydrogens (tertiary/aromatic N) is 1. The van der Waals surface area contributed by atoms with Crippen LogP contribution in [0.4, 0.5) is 5.82 Å². The number of nitrogens with one attached hydrogen (secondary N) is 1. The molecule has 0 aliphatic heterocycles. The molecule has 0 saturated carbocycles. The fraction of sp³-hybridized carbons (Fsp3) is 0.545. The molecule has 1 aromatic rings. The van der Waals surface area contributed by atoms with Crippen LogP contribution in [0, 0.1) is 5.41 Å². The SMILES string of the molecule is CCC(C)(C)CNc1cc(Br)ccn1. The van der Waals surface area contributed by atoms with Gasteiger partial charge in [0.1, 0.15) is 5.82 Å². The molecule has 0 aromatic carbocycles. The van der Waals surface area contributed by atoms with Gasteiger partial charge in [0, 0.05) is 17.2 Å². The third kappa shape index (κ3) is 3.66. The number of halogens is 1. The minimum Gasteiger partial charge on any atom is -0.370 e. The first-order valence-electron chi connectivity index (χ1n) is 4.89. The van der Waals surface area contributed by atoms with Crippen molar-refractivity contribution in [1.82, 2.24) is 4.98 Å². The summed E-state index contributed by atoms with van der Waals surface area (Å²) in [5, 5.41) is 3.34. The zero-order valence-corrected chi connectivity index (χ0v) is 10.6. The van der Waals surface area contributed by atoms with E-state index in [0.717, 1.165) is 23.3 Å². The van der Waals surface area contributed by atoms with Crippen LogP contribution in [-0.4, -0.2) is 11.5 Å². The van der Waals surface area contributed by atoms with E-state index in [0.29, 0.717) is 5.41 Å². The molecule has 0 radical (unpaired) electrons. The predicted octanol–water partition coefficient (Wildman–Crippen LogP) is 3.69. The van der Waals surface area contributed by atoms with Crippen molar-refractivity contribution in [2.45, 2.75) is 27.2 Å². The second-order valence-corrected chi connectivity index (χ2v) is 5.15. The van der Waals surface area contributed by atoms with Crippen molar-refractivity contribution in [2.24, 2.45) is 5.41 Å². The molecule has 3 heteroatoms. The number of pyridine rings is 1. The summed E-state index contributed by atoms with van der Waals surface area (Å²) in [5.74, 6) is 0.931. The molecule has 0 atom stereocenters. The number of aromatic nitrogens is 1. The molecule has 78 valence electrons. The Bertz CT molecular complexity index is 297. The monoisotopic (exact) mass is 256 g/mol. The van der Waals surface area contributed by atoms with Crippen LogP contribution in [0.25, 0.3) is 0 Å². The first kappa shape index (κ1) is 11.5. The van der Waals surface area contributed by atoms with Crippen molar-refractivity contribution in [3.8, 4) is 0 Å². The molecule has 0 amide bonds. The Morgan fingerprint density at radius 1 is 1.50 bits per heavy atom. The molecule has 1 heterocycles. The van der Waals surface area contributed by atoms with Crippen molar-refractivity contribution in [2.75, 3.05) is 11.9 Å². The molecule has 0 spiro atoms. The van der Waals surface area contributed by atoms with Crippen molar-refractivity contribution in [3.63, 3.8) is 0 Å². The van der Waals surface area contributed by atoms with Gasteiger partial charge in [-0.25, -0.2) is 4.98 Å². The van der Waals surface area contributed by atoms with Gasteiger partial charge >= 0.3 is 0 Å². The van der Waals surface area contributed by atoms with Gasteiger partial charge in [-0.3, -0.25) is 0 Å². The highest BCUT2D eigenvalue weighted by Gasteiger charge is 2.14. The van der Waals surface area contributed by atoms with Crippen molar-refractivity contribution < 1.29 is 0 Å². The molecule has 0 bridgehead atoms. The first-order valence-corrected chi connectivity index (χ1v) is 5.68. The van der Waals surface area contributed by atoms with E-state index in [1.54, 1.807) is 6.20 Å². The van der Waals surface area contributed by atoms with Crippen LogP contribution >= 0.6 is 15.9 Å². The fourth-order valence-electron chi connectivity index (χ4n) is 0.956. The highest BCUT2D eigenvalue weighted by atomic mass is 79.9. The highest BCUT2D eigenvalue weighted by molar-refractivity contribution is 9.10. The summed E-state index contributed by atoms with van der Waals surface area (Å²) >= 11 is 3.42. The van der Waals surface area contributed by atoms with Gasteiger partial charge < -0.3 is 5.32 Å². The Morgan fingerprint density at radius 3 is 2.79 bits per heavy atom. The van der Waals surface area contributed by atoms with E-state index in [4.69, 9.17) is 0 Å². The van der Waals surface area contributed by atoms with E-state index in [1.165, 1.54) is 0 Å². The molecule has 0 fully saturated rings. The van der Waals surface area contributed by atoms with Crippen molar-refractivity contribution in [1.29, 1.82) is 0 Å². The van der Waals surface area contributed by atoms with Gasteiger partial charge in [0.05, 0.1) is 0 Å². The minimum absolute atomic E-state index is 0.323. The second-order valence-electron chi connectivity index (χ2n) is 4.23. The topological polar surface area (TPSA) is 24.9 Å². The number of rotatable bonds is 4. The summed E-state index contributed by atoms with van der Waals surface area (Å²) in [6.45, 7) is 7.65. The third-order valence-electron chi connectivity index (χ3n) is 2.43. The molecule has 0 unspecified atom stereocenters. The molecule has 2 nitrogen and oxygen atoms in total. The third-order valence-corrected chi connectivity index (χ3v) is 2.92. The van der Waals surface area contributed by atoms with E-state index in [-0.39, 0.29) is 0 Å². The van der Waals surface area contributed by atoms with Gasteiger partial charge in [0.15, 0.2) is 0 Å². The van der Waals surface area contributed by atoms with E-state index >= 15 is 0 Å². The Balaban J connectivity index is 2.54. The smallest absolute Gasteiger partial charge is 0.127 e. The molecule has 1 rings (SSSR count). The second kappa shape index (κ2) is 4.78. The van der Waals surface area contributed by atoms with E-state index in [9.17, 15) is 0 Å². The maximum Gasteiger partial charge on any atom is 0.127 e. The molecule has 0 aliphatic rings. The molecular formula is C11H17BrN2. The van der Waals surface area contributed by atoms with Crippen LogP contribution in [0.5, 0.6) is 0 Å². The first-order chi connectivity index (χ1) is 6.53. The van der Waals surface area contributed by atoms with Crippen LogP contribution in [0.1, 0.15) is 27.2 Å². The fourth-order valence-corrected chi connectivity index (χ4v) is 1.29. The Morgan fingerprint density at radius 2 is 2.21 bits per heavy atom. The van der Waals surface area contributed by atoms with Crippen LogP contribution in [0.2, 0.25) is 0 Å². The lowest BCUT2D eigenvalue weighted by Gasteiger charge is -2.23. The highest BCUT2D eigenvalue weighted by Crippen LogP contribution is 2.20. The van der Waals surface area contributed by atoms with Gasteiger partial charge in [-0.05, 0) is 24.0 Å². The van der Waals surface area contributed by atoms with Gasteiger partial charge in [0.2, 0.25) is 0 Å². The lowest BCUT2D eigenvalue weighted by molar-refractivity contribution is 0.376. The summed E-state index contributed by atoms with van der Waals surface area (Å²) < 4.78 is 1.06. The van der Waals surface area contributed by atoms with Crippen LogP contribution in [0.15, 0.2) is 22.8 Å². The number of hydrogen-bond donors (Lipinski definition) is 1. The average Bonchev–Trinajstić information content (AvgIpc) is 2.15. The molecule has 14 heavy (non-hydrogen) atoms. The normalized spacial score (nSPS) is 11.4. The van der Waals surface area contributed by atoms with E-state index in [1.807, 2.05) is 12.1 Å². The zero-order valence-electron chi connectivity index (χ0n) is 8.97. The summed E-state index contributed by atoms with van der Waals surface area (Å²) in [5.41, 5.74) is 0.323. The van der Waals surface area contributed by atoms with E-state index in [2.05, 4.69) is 47.0 Å². The average molecular weight is 257 g/mol. The Labute approximate surface area is 94.3 Å². The lowest BCUT2D eigenvalue weighted by Crippen LogP contribution is -2.22. The zero-order chi connectivity index (χ0) is 10.6. The molecule has 0 aliphatic carbocycles. The van der Waals surface area contributed by atoms with Gasteiger partial charge in [-0.15, -0.1) is 0 Å². The molecule has 0 saturated heterocycles. The Hall–Kier alpha value is -0.570. The molecule has 1 aromatic heterocycles. The summed E-state index contributed by atoms with van der Waals surface area (Å²) in [4.78, 5) is 4.24. The summed E-state index contributed by atoms with van der Waals surface area (Å²) in [7, 11) is 0. The number of anilines is 1. The van der Waals surface area contributed by atoms with Gasteiger partial charge in [-0.2, -0.15) is 0 Å². The van der Waals surface area contributed by atoms with Crippen LogP contribution in [-0.2, 0) is 0 Å². The largest absolute Gasteiger partial charge is 0.370 e. The van der Waals surface area contributed by atoms with Gasteiger partial charge in [-0.1, -0.05) is 36.7 Å². The van der Waals surface area contributed by atoms with Crippen LogP contribution < -0.4 is 5.32 Å². The predicted molar refractivity (Wildman–Crippen MR) is 64.5 cm³/mol. The number of hydrogen-bond acceptors (Lipinski definition) is 2. The maximum absolute atomic E-state index is 4.24. The Kier molecular flexibility index (Phi) is 3.93. The summed E-state index contributed by atoms with van der Waals surface area (Å²) in [6, 6.07) is 3.92. The standard InChI is InChI=1S/C11H17BrN2/c1-4-11(2,3)8-14-10-7-9(12)5-6-13-10/h5-7H,4,8H2,1-3H3,(H,13,14). The van der Waals surface area contributed by atoms with Crippen LogP contribution in [0.3, 0.4) is 0 Å². The molecular weight excluding hydrogens is 240 g/mol. The van der Waals surface area contributed by atoms with Crippen molar-refractivity contribution >= 4 is 21.7 Å². The minimum atomic E-state index is 0.323. The quantitative estimate of drug-likeness (QED) is 0.889.